The van der Waals surface area contributed by atoms with Gasteiger partial charge in [-0.25, -0.2) is 4.98 Å². The third-order valence-electron chi connectivity index (χ3n) is 2.62. The molecule has 0 saturated carbocycles. The van der Waals surface area contributed by atoms with Gasteiger partial charge in [0.05, 0.1) is 6.10 Å². The van der Waals surface area contributed by atoms with Crippen LogP contribution in [-0.4, -0.2) is 17.0 Å². The number of ether oxygens (including phenoxy) is 1. The molecule has 0 atom stereocenters. The van der Waals surface area contributed by atoms with Gasteiger partial charge in [-0.1, -0.05) is 0 Å². The van der Waals surface area contributed by atoms with Crippen molar-refractivity contribution in [1.29, 1.82) is 0 Å². The van der Waals surface area contributed by atoms with E-state index in [0.29, 0.717) is 22.8 Å². The molecule has 6 heteroatoms. The largest absolute Gasteiger partial charge is 0.473 e. The molecule has 1 heterocycles. The van der Waals surface area contributed by atoms with Crippen LogP contribution in [0.1, 0.15) is 24.2 Å². The zero-order chi connectivity index (χ0) is 15.4. The second-order valence-corrected chi connectivity index (χ2v) is 5.57. The summed E-state index contributed by atoms with van der Waals surface area (Å²) in [6.07, 6.45) is 1.59. The molecule has 2 aromatic rings. The molecule has 1 amide bonds. The van der Waals surface area contributed by atoms with Crippen molar-refractivity contribution in [2.45, 2.75) is 20.0 Å². The molecule has 0 saturated heterocycles. The first-order valence-corrected chi connectivity index (χ1v) is 7.24. The second-order valence-electron chi connectivity index (χ2n) is 4.71. The highest BCUT2D eigenvalue weighted by Gasteiger charge is 2.12. The lowest BCUT2D eigenvalue weighted by molar-refractivity contribution is 0.102. The van der Waals surface area contributed by atoms with Gasteiger partial charge >= 0.3 is 0 Å². The van der Waals surface area contributed by atoms with Crippen LogP contribution in [-0.2, 0) is 0 Å². The predicted molar refractivity (Wildman–Crippen MR) is 86.5 cm³/mol. The SMILES string of the molecule is CC(C)Oc1ncccc1NC(=O)c1ccc(Br)c(N)c1. The first-order chi connectivity index (χ1) is 9.97. The molecule has 0 unspecified atom stereocenters. The fraction of sp³-hybridized carbons (Fsp3) is 0.200. The molecule has 2 rings (SSSR count). The molecule has 0 bridgehead atoms. The van der Waals surface area contributed by atoms with Gasteiger partial charge in [0.15, 0.2) is 0 Å². The Labute approximate surface area is 131 Å². The van der Waals surface area contributed by atoms with E-state index in [1.165, 1.54) is 0 Å². The lowest BCUT2D eigenvalue weighted by Crippen LogP contribution is -2.15. The van der Waals surface area contributed by atoms with Crippen molar-refractivity contribution in [3.63, 3.8) is 0 Å². The molecular formula is C15H16BrN3O2. The molecule has 1 aromatic heterocycles. The van der Waals surface area contributed by atoms with Gasteiger partial charge in [-0.05, 0) is 60.1 Å². The number of carbonyl (C=O) groups is 1. The molecule has 0 aliphatic carbocycles. The van der Waals surface area contributed by atoms with E-state index in [1.807, 2.05) is 13.8 Å². The second kappa shape index (κ2) is 6.58. The number of halogens is 1. The number of nitrogen functional groups attached to an aromatic ring is 1. The van der Waals surface area contributed by atoms with Crippen molar-refractivity contribution in [3.05, 3.63) is 46.6 Å². The van der Waals surface area contributed by atoms with Crippen LogP contribution in [0.25, 0.3) is 0 Å². The Morgan fingerprint density at radius 2 is 2.14 bits per heavy atom. The summed E-state index contributed by atoms with van der Waals surface area (Å²) in [5.74, 6) is 0.127. The number of rotatable bonds is 4. The van der Waals surface area contributed by atoms with E-state index in [2.05, 4.69) is 26.2 Å². The van der Waals surface area contributed by atoms with E-state index in [9.17, 15) is 4.79 Å². The summed E-state index contributed by atoms with van der Waals surface area (Å²) in [6, 6.07) is 8.51. The minimum absolute atomic E-state index is 0.0288. The topological polar surface area (TPSA) is 77.2 Å². The Kier molecular flexibility index (Phi) is 4.80. The fourth-order valence-electron chi connectivity index (χ4n) is 1.68. The summed E-state index contributed by atoms with van der Waals surface area (Å²) >= 11 is 3.30. The number of nitrogens with one attached hydrogen (secondary N) is 1. The molecule has 0 aliphatic rings. The number of nitrogens with zero attached hydrogens (tertiary/aromatic N) is 1. The van der Waals surface area contributed by atoms with Crippen LogP contribution in [0.15, 0.2) is 41.0 Å². The fourth-order valence-corrected chi connectivity index (χ4v) is 1.93. The van der Waals surface area contributed by atoms with Crippen molar-refractivity contribution in [2.75, 3.05) is 11.1 Å². The van der Waals surface area contributed by atoms with Gasteiger partial charge in [-0.3, -0.25) is 4.79 Å². The molecule has 0 radical (unpaired) electrons. The summed E-state index contributed by atoms with van der Waals surface area (Å²) in [4.78, 5) is 16.4. The van der Waals surface area contributed by atoms with E-state index < -0.39 is 0 Å². The monoisotopic (exact) mass is 349 g/mol. The van der Waals surface area contributed by atoms with Gasteiger partial charge in [0, 0.05) is 21.9 Å². The molecule has 1 aromatic carbocycles. The summed E-state index contributed by atoms with van der Waals surface area (Å²) in [5.41, 5.74) is 7.28. The van der Waals surface area contributed by atoms with Crippen molar-refractivity contribution in [2.24, 2.45) is 0 Å². The van der Waals surface area contributed by atoms with Crippen molar-refractivity contribution >= 4 is 33.2 Å². The third kappa shape index (κ3) is 3.95. The molecule has 3 N–H and O–H groups in total. The lowest BCUT2D eigenvalue weighted by atomic mass is 10.2. The van der Waals surface area contributed by atoms with Crippen LogP contribution in [0.2, 0.25) is 0 Å². The Balaban J connectivity index is 2.21. The first kappa shape index (κ1) is 15.3. The highest BCUT2D eigenvalue weighted by Crippen LogP contribution is 2.24. The Hall–Kier alpha value is -2.08. The Morgan fingerprint density at radius 3 is 2.81 bits per heavy atom. The summed E-state index contributed by atoms with van der Waals surface area (Å²) < 4.78 is 6.32. The van der Waals surface area contributed by atoms with Crippen LogP contribution in [0.5, 0.6) is 5.88 Å². The minimum atomic E-state index is -0.268. The summed E-state index contributed by atoms with van der Waals surface area (Å²) in [6.45, 7) is 3.80. The highest BCUT2D eigenvalue weighted by atomic mass is 79.9. The maximum Gasteiger partial charge on any atom is 0.255 e. The lowest BCUT2D eigenvalue weighted by Gasteiger charge is -2.13. The quantitative estimate of drug-likeness (QED) is 0.828. The molecule has 5 nitrogen and oxygen atoms in total. The molecule has 21 heavy (non-hydrogen) atoms. The van der Waals surface area contributed by atoms with E-state index in [-0.39, 0.29) is 12.0 Å². The van der Waals surface area contributed by atoms with Crippen LogP contribution in [0, 0.1) is 0 Å². The minimum Gasteiger partial charge on any atom is -0.473 e. The average molecular weight is 350 g/mol. The van der Waals surface area contributed by atoms with E-state index in [1.54, 1.807) is 36.5 Å². The maximum absolute atomic E-state index is 12.3. The van der Waals surface area contributed by atoms with Crippen molar-refractivity contribution in [1.82, 2.24) is 4.98 Å². The number of hydrogen-bond acceptors (Lipinski definition) is 4. The molecule has 0 aliphatic heterocycles. The Morgan fingerprint density at radius 1 is 1.38 bits per heavy atom. The molecular weight excluding hydrogens is 334 g/mol. The normalized spacial score (nSPS) is 10.5. The van der Waals surface area contributed by atoms with Crippen LogP contribution in [0.3, 0.4) is 0 Å². The van der Waals surface area contributed by atoms with Crippen molar-refractivity contribution in [3.8, 4) is 5.88 Å². The zero-order valence-electron chi connectivity index (χ0n) is 11.8. The number of hydrogen-bond donors (Lipinski definition) is 2. The average Bonchev–Trinajstić information content (AvgIpc) is 2.43. The molecule has 110 valence electrons. The van der Waals surface area contributed by atoms with E-state index in [4.69, 9.17) is 10.5 Å². The van der Waals surface area contributed by atoms with Gasteiger partial charge in [0.25, 0.3) is 5.91 Å². The number of benzene rings is 1. The van der Waals surface area contributed by atoms with Gasteiger partial charge < -0.3 is 15.8 Å². The number of nitrogens with two attached hydrogens (primary N) is 1. The number of anilines is 2. The van der Waals surface area contributed by atoms with Gasteiger partial charge in [0.1, 0.15) is 5.69 Å². The standard InChI is InChI=1S/C15H16BrN3O2/c1-9(2)21-15-13(4-3-7-18-15)19-14(20)10-5-6-11(16)12(17)8-10/h3-9H,17H2,1-2H3,(H,19,20). The zero-order valence-corrected chi connectivity index (χ0v) is 13.3. The van der Waals surface area contributed by atoms with E-state index in [0.717, 1.165) is 4.47 Å². The highest BCUT2D eigenvalue weighted by molar-refractivity contribution is 9.10. The van der Waals surface area contributed by atoms with Crippen LogP contribution < -0.4 is 15.8 Å². The molecule has 0 fully saturated rings. The molecule has 0 spiro atoms. The maximum atomic E-state index is 12.3. The van der Waals surface area contributed by atoms with Gasteiger partial charge in [-0.2, -0.15) is 0 Å². The van der Waals surface area contributed by atoms with Crippen molar-refractivity contribution < 1.29 is 9.53 Å². The first-order valence-electron chi connectivity index (χ1n) is 6.45. The smallest absolute Gasteiger partial charge is 0.255 e. The van der Waals surface area contributed by atoms with Crippen LogP contribution >= 0.6 is 15.9 Å². The predicted octanol–water partition coefficient (Wildman–Crippen LogP) is 3.47. The number of amides is 1. The van der Waals surface area contributed by atoms with Gasteiger partial charge in [0.2, 0.25) is 5.88 Å². The van der Waals surface area contributed by atoms with Gasteiger partial charge in [-0.15, -0.1) is 0 Å². The summed E-state index contributed by atoms with van der Waals surface area (Å²) in [7, 11) is 0. The summed E-state index contributed by atoms with van der Waals surface area (Å²) in [5, 5.41) is 2.78. The number of pyridine rings is 1. The Bertz CT molecular complexity index is 659. The number of aromatic nitrogens is 1. The van der Waals surface area contributed by atoms with Crippen LogP contribution in [0.4, 0.5) is 11.4 Å². The van der Waals surface area contributed by atoms with E-state index >= 15 is 0 Å². The number of carbonyl (C=O) groups excluding carboxylic acids is 1. The third-order valence-corrected chi connectivity index (χ3v) is 3.35.